The zero-order valence-corrected chi connectivity index (χ0v) is 13.3. The summed E-state index contributed by atoms with van der Waals surface area (Å²) in [6.07, 6.45) is 2.76. The number of halogens is 1. The Morgan fingerprint density at radius 1 is 1.21 bits per heavy atom. The van der Waals surface area contributed by atoms with Crippen molar-refractivity contribution in [1.29, 1.82) is 0 Å². The summed E-state index contributed by atoms with van der Waals surface area (Å²) in [6.45, 7) is 2.75. The molecule has 4 nitrogen and oxygen atoms in total. The predicted octanol–water partition coefficient (Wildman–Crippen LogP) is 1.81. The number of hydrogen-bond donors (Lipinski definition) is 1. The number of benzene rings is 1. The van der Waals surface area contributed by atoms with E-state index in [0.717, 1.165) is 24.4 Å². The van der Waals surface area contributed by atoms with Gasteiger partial charge in [0, 0.05) is 24.5 Å². The van der Waals surface area contributed by atoms with Crippen molar-refractivity contribution in [2.45, 2.75) is 16.2 Å². The summed E-state index contributed by atoms with van der Waals surface area (Å²) in [4.78, 5) is 1.24. The van der Waals surface area contributed by atoms with Gasteiger partial charge < -0.3 is 5.32 Å². The fourth-order valence-corrected chi connectivity index (χ4v) is 4.63. The van der Waals surface area contributed by atoms with Gasteiger partial charge in [-0.25, -0.2) is 8.42 Å². The van der Waals surface area contributed by atoms with E-state index in [-0.39, 0.29) is 12.4 Å². The summed E-state index contributed by atoms with van der Waals surface area (Å²) in [7, 11) is -3.36. The normalized spacial score (nSPS) is 17.5. The third-order valence-corrected chi connectivity index (χ3v) is 5.87. The van der Waals surface area contributed by atoms with E-state index in [9.17, 15) is 8.42 Å². The van der Waals surface area contributed by atoms with Gasteiger partial charge in [0.15, 0.2) is 0 Å². The first kappa shape index (κ1) is 16.8. The van der Waals surface area contributed by atoms with Gasteiger partial charge in [-0.3, -0.25) is 0 Å². The highest BCUT2D eigenvalue weighted by Gasteiger charge is 2.26. The minimum Gasteiger partial charge on any atom is -0.315 e. The Balaban J connectivity index is 0.00000180. The summed E-state index contributed by atoms with van der Waals surface area (Å²) in [6, 6.07) is 7.20. The highest BCUT2D eigenvalue weighted by Crippen LogP contribution is 2.27. The number of nitrogens with zero attached hydrogens (tertiary/aromatic N) is 1. The summed E-state index contributed by atoms with van der Waals surface area (Å²) in [5, 5.41) is 3.22. The van der Waals surface area contributed by atoms with Crippen molar-refractivity contribution >= 4 is 34.2 Å². The van der Waals surface area contributed by atoms with E-state index in [1.54, 1.807) is 16.4 Å². The molecule has 1 saturated heterocycles. The van der Waals surface area contributed by atoms with Gasteiger partial charge in [-0.05, 0) is 31.4 Å². The van der Waals surface area contributed by atoms with Gasteiger partial charge in [-0.15, -0.1) is 24.2 Å². The Kier molecular flexibility index (Phi) is 6.62. The van der Waals surface area contributed by atoms with Crippen molar-refractivity contribution in [2.24, 2.45) is 0 Å². The van der Waals surface area contributed by atoms with Crippen LogP contribution in [-0.2, 0) is 10.0 Å². The van der Waals surface area contributed by atoms with E-state index in [2.05, 4.69) is 5.32 Å². The van der Waals surface area contributed by atoms with Gasteiger partial charge in [0.05, 0.1) is 4.90 Å². The summed E-state index contributed by atoms with van der Waals surface area (Å²) >= 11 is 1.47. The van der Waals surface area contributed by atoms with Crippen LogP contribution in [0.15, 0.2) is 34.1 Å². The van der Waals surface area contributed by atoms with Crippen LogP contribution in [0.4, 0.5) is 0 Å². The summed E-state index contributed by atoms with van der Waals surface area (Å²) in [5.74, 6) is 0. The zero-order valence-electron chi connectivity index (χ0n) is 10.8. The second kappa shape index (κ2) is 7.50. The molecule has 1 aliphatic rings. The topological polar surface area (TPSA) is 49.4 Å². The minimum absolute atomic E-state index is 0. The predicted molar refractivity (Wildman–Crippen MR) is 81.7 cm³/mol. The molecule has 1 aromatic rings. The molecule has 108 valence electrons. The number of rotatable bonds is 3. The largest absolute Gasteiger partial charge is 0.315 e. The fraction of sp³-hybridized carbons (Fsp3) is 0.500. The first-order valence-corrected chi connectivity index (χ1v) is 8.66. The third-order valence-electron chi connectivity index (χ3n) is 2.99. The molecule has 1 aliphatic heterocycles. The molecule has 0 bridgehead atoms. The second-order valence-corrected chi connectivity index (χ2v) is 6.91. The van der Waals surface area contributed by atoms with Gasteiger partial charge in [0.1, 0.15) is 0 Å². The summed E-state index contributed by atoms with van der Waals surface area (Å²) < 4.78 is 26.8. The highest BCUT2D eigenvalue weighted by atomic mass is 35.5. The van der Waals surface area contributed by atoms with Crippen LogP contribution in [-0.4, -0.2) is 45.2 Å². The molecule has 0 unspecified atom stereocenters. The van der Waals surface area contributed by atoms with Crippen molar-refractivity contribution in [3.63, 3.8) is 0 Å². The van der Waals surface area contributed by atoms with E-state index < -0.39 is 10.0 Å². The van der Waals surface area contributed by atoms with Gasteiger partial charge in [-0.1, -0.05) is 12.1 Å². The van der Waals surface area contributed by atoms with Crippen molar-refractivity contribution < 1.29 is 8.42 Å². The lowest BCUT2D eigenvalue weighted by molar-refractivity contribution is 0.430. The Bertz CT molecular complexity index is 500. The molecule has 1 aromatic carbocycles. The highest BCUT2D eigenvalue weighted by molar-refractivity contribution is 7.99. The van der Waals surface area contributed by atoms with E-state index in [4.69, 9.17) is 0 Å². The van der Waals surface area contributed by atoms with Crippen LogP contribution < -0.4 is 5.32 Å². The molecule has 0 saturated carbocycles. The SMILES string of the molecule is CSc1ccccc1S(=O)(=O)N1CCCNCC1.Cl. The first-order chi connectivity index (χ1) is 8.66. The average Bonchev–Trinajstić information content (AvgIpc) is 2.68. The van der Waals surface area contributed by atoms with E-state index in [0.29, 0.717) is 18.0 Å². The Hall–Kier alpha value is -0.270. The number of hydrogen-bond acceptors (Lipinski definition) is 4. The number of nitrogens with one attached hydrogen (secondary N) is 1. The molecular weight excluding hydrogens is 304 g/mol. The van der Waals surface area contributed by atoms with Crippen LogP contribution in [0.2, 0.25) is 0 Å². The number of sulfonamides is 1. The lowest BCUT2D eigenvalue weighted by atomic mass is 10.4. The van der Waals surface area contributed by atoms with Crippen LogP contribution >= 0.6 is 24.2 Å². The van der Waals surface area contributed by atoms with Crippen LogP contribution in [0.1, 0.15) is 6.42 Å². The molecule has 1 N–H and O–H groups in total. The van der Waals surface area contributed by atoms with Gasteiger partial charge in [-0.2, -0.15) is 4.31 Å². The second-order valence-electron chi connectivity index (χ2n) is 4.16. The molecule has 2 rings (SSSR count). The molecule has 0 spiro atoms. The molecule has 0 radical (unpaired) electrons. The molecule has 7 heteroatoms. The minimum atomic E-state index is -3.36. The third kappa shape index (κ3) is 3.86. The monoisotopic (exact) mass is 322 g/mol. The van der Waals surface area contributed by atoms with Crippen molar-refractivity contribution in [1.82, 2.24) is 9.62 Å². The van der Waals surface area contributed by atoms with Crippen LogP contribution in [0.3, 0.4) is 0 Å². The zero-order chi connectivity index (χ0) is 13.0. The van der Waals surface area contributed by atoms with E-state index in [1.165, 1.54) is 11.8 Å². The van der Waals surface area contributed by atoms with Gasteiger partial charge in [0.25, 0.3) is 0 Å². The van der Waals surface area contributed by atoms with Gasteiger partial charge >= 0.3 is 0 Å². The molecule has 0 aliphatic carbocycles. The molecule has 1 fully saturated rings. The van der Waals surface area contributed by atoms with Crippen molar-refractivity contribution in [2.75, 3.05) is 32.4 Å². The fourth-order valence-electron chi connectivity index (χ4n) is 2.03. The summed E-state index contributed by atoms with van der Waals surface area (Å²) in [5.41, 5.74) is 0. The molecule has 0 atom stereocenters. The molecule has 0 aromatic heterocycles. The molecule has 0 amide bonds. The maximum Gasteiger partial charge on any atom is 0.244 e. The maximum atomic E-state index is 12.6. The first-order valence-electron chi connectivity index (χ1n) is 6.00. The Morgan fingerprint density at radius 2 is 1.95 bits per heavy atom. The average molecular weight is 323 g/mol. The smallest absolute Gasteiger partial charge is 0.244 e. The van der Waals surface area contributed by atoms with Crippen molar-refractivity contribution in [3.05, 3.63) is 24.3 Å². The van der Waals surface area contributed by atoms with Crippen molar-refractivity contribution in [3.8, 4) is 0 Å². The van der Waals surface area contributed by atoms with Crippen LogP contribution in [0, 0.1) is 0 Å². The number of thioether (sulfide) groups is 1. The molecular formula is C12H19ClN2O2S2. The Morgan fingerprint density at radius 3 is 2.68 bits per heavy atom. The molecule has 19 heavy (non-hydrogen) atoms. The maximum absolute atomic E-state index is 12.6. The molecule has 1 heterocycles. The standard InChI is InChI=1S/C12H18N2O2S2.ClH/c1-17-11-5-2-3-6-12(11)18(15,16)14-9-4-7-13-8-10-14;/h2-3,5-6,13H,4,7-10H2,1H3;1H. The van der Waals surface area contributed by atoms with E-state index >= 15 is 0 Å². The quantitative estimate of drug-likeness (QED) is 0.862. The Labute approximate surface area is 125 Å². The van der Waals surface area contributed by atoms with Crippen LogP contribution in [0.25, 0.3) is 0 Å². The lowest BCUT2D eigenvalue weighted by Gasteiger charge is -2.20. The lowest BCUT2D eigenvalue weighted by Crippen LogP contribution is -2.34. The van der Waals surface area contributed by atoms with Crippen LogP contribution in [0.5, 0.6) is 0 Å². The van der Waals surface area contributed by atoms with E-state index in [1.807, 2.05) is 18.4 Å². The van der Waals surface area contributed by atoms with Gasteiger partial charge in [0.2, 0.25) is 10.0 Å².